The Bertz CT molecular complexity index is 843. The fourth-order valence-corrected chi connectivity index (χ4v) is 3.29. The summed E-state index contributed by atoms with van der Waals surface area (Å²) in [5.74, 6) is 0. The maximum atomic E-state index is 4.51. The molecule has 1 N–H and O–H groups in total. The van der Waals surface area contributed by atoms with Gasteiger partial charge in [-0.1, -0.05) is 42.1 Å². The quantitative estimate of drug-likeness (QED) is 0.664. The zero-order valence-electron chi connectivity index (χ0n) is 10.7. The Balaban J connectivity index is 1.76. The van der Waals surface area contributed by atoms with Crippen molar-refractivity contribution in [2.45, 2.75) is 4.90 Å². The first-order valence-corrected chi connectivity index (χ1v) is 7.30. The fourth-order valence-electron chi connectivity index (χ4n) is 2.37. The molecule has 0 saturated heterocycles. The van der Waals surface area contributed by atoms with Crippen LogP contribution in [0.25, 0.3) is 17.0 Å². The minimum absolute atomic E-state index is 1.05. The number of aliphatic imine (C=N–C) groups is 1. The van der Waals surface area contributed by atoms with E-state index in [-0.39, 0.29) is 0 Å². The Morgan fingerprint density at radius 1 is 1.00 bits per heavy atom. The van der Waals surface area contributed by atoms with Gasteiger partial charge >= 0.3 is 0 Å². The number of thioether (sulfide) groups is 1. The average molecular weight is 276 g/mol. The third kappa shape index (κ3) is 1.96. The second-order valence-corrected chi connectivity index (χ2v) is 5.78. The highest BCUT2D eigenvalue weighted by Gasteiger charge is 2.10. The third-order valence-corrected chi connectivity index (χ3v) is 4.37. The lowest BCUT2D eigenvalue weighted by Crippen LogP contribution is -1.87. The molecule has 0 unspecified atom stereocenters. The van der Waals surface area contributed by atoms with E-state index in [9.17, 15) is 0 Å². The molecule has 0 radical (unpaired) electrons. The largest absolute Gasteiger partial charge is 0.361 e. The van der Waals surface area contributed by atoms with E-state index < -0.39 is 0 Å². The van der Waals surface area contributed by atoms with Crippen molar-refractivity contribution >= 4 is 40.6 Å². The predicted molar refractivity (Wildman–Crippen MR) is 86.7 cm³/mol. The van der Waals surface area contributed by atoms with Crippen LogP contribution in [0.4, 0.5) is 5.69 Å². The zero-order chi connectivity index (χ0) is 13.4. The summed E-state index contributed by atoms with van der Waals surface area (Å²) in [4.78, 5) is 10.2. The van der Waals surface area contributed by atoms with E-state index in [0.717, 1.165) is 16.1 Å². The topological polar surface area (TPSA) is 28.1 Å². The second kappa shape index (κ2) is 4.69. The molecule has 1 aromatic heterocycles. The molecule has 4 rings (SSSR count). The maximum absolute atomic E-state index is 4.51. The number of nitrogens with one attached hydrogen (secondary N) is 1. The van der Waals surface area contributed by atoms with Crippen LogP contribution in [0.15, 0.2) is 69.5 Å². The van der Waals surface area contributed by atoms with Gasteiger partial charge in [-0.3, -0.25) is 4.99 Å². The smallest absolute Gasteiger partial charge is 0.0769 e. The Hall–Kier alpha value is -2.26. The first-order valence-electron chi connectivity index (χ1n) is 6.49. The number of benzene rings is 2. The predicted octanol–water partition coefficient (Wildman–Crippen LogP) is 5.02. The number of hydrogen-bond acceptors (Lipinski definition) is 2. The van der Waals surface area contributed by atoms with E-state index in [2.05, 4.69) is 46.4 Å². The van der Waals surface area contributed by atoms with Gasteiger partial charge in [-0.15, -0.1) is 0 Å². The summed E-state index contributed by atoms with van der Waals surface area (Å²) in [7, 11) is 0. The number of allylic oxidation sites excluding steroid dienone is 1. The van der Waals surface area contributed by atoms with Crippen molar-refractivity contribution in [1.29, 1.82) is 0 Å². The molecule has 1 aliphatic heterocycles. The number of fused-ring (bicyclic) bond motifs is 2. The van der Waals surface area contributed by atoms with Gasteiger partial charge in [0.1, 0.15) is 0 Å². The first-order chi connectivity index (χ1) is 9.90. The van der Waals surface area contributed by atoms with Crippen LogP contribution in [0.1, 0.15) is 5.56 Å². The van der Waals surface area contributed by atoms with Crippen molar-refractivity contribution in [2.24, 2.45) is 4.99 Å². The number of aromatic amines is 1. The second-order valence-electron chi connectivity index (χ2n) is 4.66. The molecule has 0 saturated carbocycles. The normalized spacial score (nSPS) is 15.7. The summed E-state index contributed by atoms with van der Waals surface area (Å²) >= 11 is 1.76. The molecule has 1 aliphatic rings. The lowest BCUT2D eigenvalue weighted by Gasteiger charge is -2.10. The molecule has 20 heavy (non-hydrogen) atoms. The van der Waals surface area contributed by atoms with Gasteiger partial charge in [-0.05, 0) is 24.3 Å². The van der Waals surface area contributed by atoms with Crippen molar-refractivity contribution in [1.82, 2.24) is 4.98 Å². The summed E-state index contributed by atoms with van der Waals surface area (Å²) in [5.41, 5.74) is 3.42. The van der Waals surface area contributed by atoms with E-state index in [1.54, 1.807) is 11.8 Å². The molecule has 0 atom stereocenters. The van der Waals surface area contributed by atoms with Crippen LogP contribution in [0.2, 0.25) is 0 Å². The van der Waals surface area contributed by atoms with Crippen LogP contribution in [0.5, 0.6) is 0 Å². The van der Waals surface area contributed by atoms with Gasteiger partial charge in [0, 0.05) is 38.7 Å². The van der Waals surface area contributed by atoms with Gasteiger partial charge in [0.15, 0.2) is 0 Å². The summed E-state index contributed by atoms with van der Waals surface area (Å²) < 4.78 is 0. The van der Waals surface area contributed by atoms with Crippen LogP contribution in [-0.4, -0.2) is 11.2 Å². The number of nitrogens with zero attached hydrogens (tertiary/aromatic N) is 1. The van der Waals surface area contributed by atoms with Crippen molar-refractivity contribution in [3.63, 3.8) is 0 Å². The Labute approximate surface area is 121 Å². The van der Waals surface area contributed by atoms with Crippen LogP contribution >= 0.6 is 11.8 Å². The summed E-state index contributed by atoms with van der Waals surface area (Å²) in [6.07, 6.45) is 6.17. The van der Waals surface area contributed by atoms with Crippen LogP contribution in [0.3, 0.4) is 0 Å². The highest BCUT2D eigenvalue weighted by atomic mass is 32.2. The molecule has 2 heterocycles. The number of para-hydroxylation sites is 2. The molecule has 0 fully saturated rings. The number of rotatable bonds is 1. The van der Waals surface area contributed by atoms with Gasteiger partial charge in [0.25, 0.3) is 0 Å². The van der Waals surface area contributed by atoms with E-state index >= 15 is 0 Å². The van der Waals surface area contributed by atoms with Crippen molar-refractivity contribution < 1.29 is 0 Å². The molecule has 96 valence electrons. The van der Waals surface area contributed by atoms with Crippen molar-refractivity contribution in [3.05, 3.63) is 65.2 Å². The van der Waals surface area contributed by atoms with Gasteiger partial charge < -0.3 is 4.98 Å². The number of H-pyrrole nitrogens is 1. The van der Waals surface area contributed by atoms with E-state index in [0.29, 0.717) is 0 Å². The summed E-state index contributed by atoms with van der Waals surface area (Å²) in [5, 5.41) is 1.24. The molecule has 0 amide bonds. The fraction of sp³-hybridized carbons (Fsp3) is 0. The van der Waals surface area contributed by atoms with E-state index in [1.807, 2.05) is 30.6 Å². The molecule has 0 aliphatic carbocycles. The maximum Gasteiger partial charge on any atom is 0.0769 e. The standard InChI is InChI=1S/C17H12N2S/c1-2-6-15-14(5-1)12(10-18-15)9-13-11-19-16-7-3-4-8-17(16)20-13/h1-11,18H. The van der Waals surface area contributed by atoms with Crippen molar-refractivity contribution in [3.8, 4) is 0 Å². The van der Waals surface area contributed by atoms with Crippen molar-refractivity contribution in [2.75, 3.05) is 0 Å². The minimum Gasteiger partial charge on any atom is -0.361 e. The van der Waals surface area contributed by atoms with E-state index in [1.165, 1.54) is 15.8 Å². The number of hydrogen-bond donors (Lipinski definition) is 1. The van der Waals surface area contributed by atoms with Crippen LogP contribution in [0, 0.1) is 0 Å². The molecule has 0 bridgehead atoms. The lowest BCUT2D eigenvalue weighted by atomic mass is 10.1. The first kappa shape index (κ1) is 11.6. The van der Waals surface area contributed by atoms with Crippen LogP contribution in [-0.2, 0) is 0 Å². The third-order valence-electron chi connectivity index (χ3n) is 3.34. The SMILES string of the molecule is C1=Nc2ccccc2SC1=Cc1c[nH]c2ccccc12. The molecule has 0 spiro atoms. The summed E-state index contributed by atoms with van der Waals surface area (Å²) in [6, 6.07) is 16.6. The average Bonchev–Trinajstić information content (AvgIpc) is 2.91. The minimum atomic E-state index is 1.05. The highest BCUT2D eigenvalue weighted by Crippen LogP contribution is 2.38. The Kier molecular flexibility index (Phi) is 2.71. The molecule has 3 aromatic rings. The Morgan fingerprint density at radius 3 is 2.85 bits per heavy atom. The lowest BCUT2D eigenvalue weighted by molar-refractivity contribution is 1.38. The van der Waals surface area contributed by atoms with Crippen LogP contribution < -0.4 is 0 Å². The highest BCUT2D eigenvalue weighted by molar-refractivity contribution is 8.04. The van der Waals surface area contributed by atoms with Gasteiger partial charge in [0.2, 0.25) is 0 Å². The molecular weight excluding hydrogens is 264 g/mol. The van der Waals surface area contributed by atoms with Gasteiger partial charge in [-0.25, -0.2) is 0 Å². The molecule has 2 nitrogen and oxygen atoms in total. The summed E-state index contributed by atoms with van der Waals surface area (Å²) in [6.45, 7) is 0. The monoisotopic (exact) mass is 276 g/mol. The van der Waals surface area contributed by atoms with Gasteiger partial charge in [0.05, 0.1) is 5.69 Å². The number of aromatic nitrogens is 1. The van der Waals surface area contributed by atoms with E-state index in [4.69, 9.17) is 0 Å². The zero-order valence-corrected chi connectivity index (χ0v) is 11.5. The molecular formula is C17H12N2S. The Morgan fingerprint density at radius 2 is 1.85 bits per heavy atom. The van der Waals surface area contributed by atoms with Gasteiger partial charge in [-0.2, -0.15) is 0 Å². The molecule has 2 aromatic carbocycles. The molecule has 3 heteroatoms.